The van der Waals surface area contributed by atoms with Gasteiger partial charge in [-0.3, -0.25) is 0 Å². The Bertz CT molecular complexity index is 617. The third-order valence-corrected chi connectivity index (χ3v) is 3.95. The molecule has 8 nitrogen and oxygen atoms in total. The van der Waals surface area contributed by atoms with Crippen LogP contribution in [0.25, 0.3) is 0 Å². The molecule has 0 saturated carbocycles. The molecule has 1 heterocycles. The molecule has 0 amide bonds. The Morgan fingerprint density at radius 2 is 2.08 bits per heavy atom. The molecule has 0 fully saturated rings. The molecular formula is C15H29IN4O4S. The van der Waals surface area contributed by atoms with Gasteiger partial charge in [-0.25, -0.2) is 13.4 Å². The molecule has 2 N–H and O–H groups in total. The molecule has 1 aromatic rings. The number of sulfone groups is 1. The van der Waals surface area contributed by atoms with Crippen molar-refractivity contribution in [3.63, 3.8) is 0 Å². The molecule has 0 aromatic carbocycles. The fraction of sp³-hybridized carbons (Fsp3) is 0.733. The summed E-state index contributed by atoms with van der Waals surface area (Å²) in [6.45, 7) is 8.34. The second kappa shape index (κ2) is 12.5. The average molecular weight is 488 g/mol. The number of ether oxygens (including phenoxy) is 1. The van der Waals surface area contributed by atoms with Gasteiger partial charge in [-0.05, 0) is 12.8 Å². The first-order chi connectivity index (χ1) is 11.3. The lowest BCUT2D eigenvalue weighted by molar-refractivity contribution is 0.154. The number of nitrogens with zero attached hydrogens (tertiary/aromatic N) is 2. The standard InChI is InChI=1S/C15H28N4O4S.HI/c1-5-16-15(17-6-7-22-8-9-24(4,20)21)18-11-13-10-14(12(2)3)19-23-13;/h10,12H,5-9,11H2,1-4H3,(H2,16,17,18);1H. The zero-order valence-corrected chi connectivity index (χ0v) is 18.4. The molecular weight excluding hydrogens is 459 g/mol. The van der Waals surface area contributed by atoms with Gasteiger partial charge in [0.1, 0.15) is 16.4 Å². The van der Waals surface area contributed by atoms with Crippen LogP contribution < -0.4 is 10.6 Å². The van der Waals surface area contributed by atoms with Crippen LogP contribution in [0, 0.1) is 0 Å². The summed E-state index contributed by atoms with van der Waals surface area (Å²) in [5.74, 6) is 1.71. The topological polar surface area (TPSA) is 106 Å². The Balaban J connectivity index is 0.00000576. The van der Waals surface area contributed by atoms with Gasteiger partial charge in [-0.15, -0.1) is 24.0 Å². The molecule has 0 atom stereocenters. The van der Waals surface area contributed by atoms with Crippen LogP contribution >= 0.6 is 24.0 Å². The molecule has 10 heteroatoms. The summed E-state index contributed by atoms with van der Waals surface area (Å²) in [4.78, 5) is 4.42. The monoisotopic (exact) mass is 488 g/mol. The van der Waals surface area contributed by atoms with Gasteiger partial charge in [0, 0.05) is 25.4 Å². The molecule has 0 aliphatic heterocycles. The molecule has 0 aliphatic rings. The number of rotatable bonds is 10. The smallest absolute Gasteiger partial charge is 0.191 e. The van der Waals surface area contributed by atoms with E-state index < -0.39 is 9.84 Å². The maximum atomic E-state index is 11.0. The molecule has 1 aromatic heterocycles. The van der Waals surface area contributed by atoms with Gasteiger partial charge in [0.2, 0.25) is 0 Å². The highest BCUT2D eigenvalue weighted by atomic mass is 127. The van der Waals surface area contributed by atoms with Crippen molar-refractivity contribution >= 4 is 39.8 Å². The first kappa shape index (κ1) is 24.1. The minimum Gasteiger partial charge on any atom is -0.379 e. The van der Waals surface area contributed by atoms with Gasteiger partial charge in [0.15, 0.2) is 11.7 Å². The number of aliphatic imine (C=N–C) groups is 1. The quantitative estimate of drug-likeness (QED) is 0.223. The normalized spacial score (nSPS) is 12.1. The van der Waals surface area contributed by atoms with Crippen molar-refractivity contribution < 1.29 is 17.7 Å². The fourth-order valence-corrected chi connectivity index (χ4v) is 2.15. The maximum Gasteiger partial charge on any atom is 0.191 e. The van der Waals surface area contributed by atoms with E-state index in [-0.39, 0.29) is 36.3 Å². The van der Waals surface area contributed by atoms with E-state index in [9.17, 15) is 8.42 Å². The van der Waals surface area contributed by atoms with Gasteiger partial charge in [0.25, 0.3) is 0 Å². The zero-order valence-electron chi connectivity index (χ0n) is 15.2. The van der Waals surface area contributed by atoms with Crippen molar-refractivity contribution in [1.29, 1.82) is 0 Å². The molecule has 146 valence electrons. The SMILES string of the molecule is CCNC(=NCc1cc(C(C)C)no1)NCCOCCS(C)(=O)=O.I. The number of guanidine groups is 1. The molecule has 0 aliphatic carbocycles. The van der Waals surface area contributed by atoms with Crippen LogP contribution in [0.2, 0.25) is 0 Å². The maximum absolute atomic E-state index is 11.0. The molecule has 0 spiro atoms. The average Bonchev–Trinajstić information content (AvgIpc) is 2.96. The molecule has 0 radical (unpaired) electrons. The second-order valence-electron chi connectivity index (χ2n) is 5.74. The Labute approximate surface area is 167 Å². The van der Waals surface area contributed by atoms with Crippen molar-refractivity contribution in [2.75, 3.05) is 38.3 Å². The molecule has 1 rings (SSSR count). The van der Waals surface area contributed by atoms with E-state index in [0.717, 1.165) is 12.2 Å². The lowest BCUT2D eigenvalue weighted by Gasteiger charge is -2.11. The van der Waals surface area contributed by atoms with Crippen molar-refractivity contribution in [2.45, 2.75) is 33.2 Å². The second-order valence-corrected chi connectivity index (χ2v) is 8.00. The van der Waals surface area contributed by atoms with Gasteiger partial charge in [0.05, 0.1) is 24.7 Å². The van der Waals surface area contributed by atoms with Crippen molar-refractivity contribution in [3.8, 4) is 0 Å². The van der Waals surface area contributed by atoms with Crippen LogP contribution in [-0.2, 0) is 21.1 Å². The first-order valence-corrected chi connectivity index (χ1v) is 10.1. The van der Waals surface area contributed by atoms with Crippen LogP contribution in [0.3, 0.4) is 0 Å². The minimum atomic E-state index is -2.98. The van der Waals surface area contributed by atoms with Gasteiger partial charge < -0.3 is 19.9 Å². The number of aromatic nitrogens is 1. The number of nitrogens with one attached hydrogen (secondary N) is 2. The van der Waals surface area contributed by atoms with E-state index in [1.165, 1.54) is 6.26 Å². The van der Waals surface area contributed by atoms with E-state index in [1.807, 2.05) is 13.0 Å². The lowest BCUT2D eigenvalue weighted by atomic mass is 10.1. The van der Waals surface area contributed by atoms with Crippen molar-refractivity contribution in [3.05, 3.63) is 17.5 Å². The van der Waals surface area contributed by atoms with Crippen LogP contribution in [0.5, 0.6) is 0 Å². The number of hydrogen-bond donors (Lipinski definition) is 2. The summed E-state index contributed by atoms with van der Waals surface area (Å²) in [7, 11) is -2.98. The summed E-state index contributed by atoms with van der Waals surface area (Å²) in [5.41, 5.74) is 0.914. The molecule has 25 heavy (non-hydrogen) atoms. The molecule has 0 bridgehead atoms. The van der Waals surface area contributed by atoms with E-state index in [4.69, 9.17) is 9.26 Å². The summed E-state index contributed by atoms with van der Waals surface area (Å²) in [5, 5.41) is 10.2. The van der Waals surface area contributed by atoms with Crippen LogP contribution in [-0.4, -0.2) is 57.8 Å². The third kappa shape index (κ3) is 11.4. The molecule has 0 unspecified atom stereocenters. The van der Waals surface area contributed by atoms with Gasteiger partial charge in [-0.1, -0.05) is 19.0 Å². The Morgan fingerprint density at radius 3 is 2.64 bits per heavy atom. The van der Waals surface area contributed by atoms with Gasteiger partial charge >= 0.3 is 0 Å². The highest BCUT2D eigenvalue weighted by molar-refractivity contribution is 14.0. The predicted molar refractivity (Wildman–Crippen MR) is 109 cm³/mol. The zero-order chi connectivity index (χ0) is 18.0. The minimum absolute atomic E-state index is 0. The summed E-state index contributed by atoms with van der Waals surface area (Å²) < 4.78 is 32.5. The van der Waals surface area contributed by atoms with E-state index in [1.54, 1.807) is 0 Å². The Morgan fingerprint density at radius 1 is 1.36 bits per heavy atom. The Kier molecular flexibility index (Phi) is 12.0. The predicted octanol–water partition coefficient (Wildman–Crippen LogP) is 1.53. The molecule has 0 saturated heterocycles. The highest BCUT2D eigenvalue weighted by Crippen LogP contribution is 2.14. The summed E-state index contributed by atoms with van der Waals surface area (Å²) in [6, 6.07) is 1.91. The van der Waals surface area contributed by atoms with E-state index in [0.29, 0.717) is 37.3 Å². The summed E-state index contributed by atoms with van der Waals surface area (Å²) in [6.07, 6.45) is 1.19. The number of hydrogen-bond acceptors (Lipinski definition) is 6. The van der Waals surface area contributed by atoms with E-state index in [2.05, 4.69) is 34.6 Å². The van der Waals surface area contributed by atoms with Gasteiger partial charge in [-0.2, -0.15) is 0 Å². The number of halogens is 1. The van der Waals surface area contributed by atoms with Crippen molar-refractivity contribution in [1.82, 2.24) is 15.8 Å². The Hall–Kier alpha value is -0.880. The van der Waals surface area contributed by atoms with Crippen LogP contribution in [0.4, 0.5) is 0 Å². The largest absolute Gasteiger partial charge is 0.379 e. The first-order valence-electron chi connectivity index (χ1n) is 8.05. The van der Waals surface area contributed by atoms with E-state index >= 15 is 0 Å². The third-order valence-electron chi connectivity index (χ3n) is 3.04. The van der Waals surface area contributed by atoms with Crippen molar-refractivity contribution in [2.24, 2.45) is 4.99 Å². The summed E-state index contributed by atoms with van der Waals surface area (Å²) >= 11 is 0. The van der Waals surface area contributed by atoms with Crippen LogP contribution in [0.15, 0.2) is 15.6 Å². The van der Waals surface area contributed by atoms with Crippen LogP contribution in [0.1, 0.15) is 38.1 Å². The highest BCUT2D eigenvalue weighted by Gasteiger charge is 2.07. The lowest BCUT2D eigenvalue weighted by Crippen LogP contribution is -2.39. The fourth-order valence-electron chi connectivity index (χ4n) is 1.73.